The first-order valence-corrected chi connectivity index (χ1v) is 8.87. The van der Waals surface area contributed by atoms with Crippen LogP contribution in [0.4, 0.5) is 4.79 Å². The van der Waals surface area contributed by atoms with Gasteiger partial charge in [-0.15, -0.1) is 0 Å². The van der Waals surface area contributed by atoms with Crippen LogP contribution in [0.1, 0.15) is 19.4 Å². The molecule has 2 rings (SSSR count). The highest BCUT2D eigenvalue weighted by atomic mass is 16.5. The van der Waals surface area contributed by atoms with Crippen LogP contribution in [0.3, 0.4) is 0 Å². The van der Waals surface area contributed by atoms with Crippen molar-refractivity contribution < 1.29 is 23.9 Å². The summed E-state index contributed by atoms with van der Waals surface area (Å²) in [6.45, 7) is 3.64. The molecule has 1 fully saturated rings. The van der Waals surface area contributed by atoms with Crippen LogP contribution in [0.2, 0.25) is 0 Å². The van der Waals surface area contributed by atoms with Gasteiger partial charge in [0.15, 0.2) is 22.8 Å². The van der Waals surface area contributed by atoms with Crippen LogP contribution in [-0.2, 0) is 9.59 Å². The summed E-state index contributed by atoms with van der Waals surface area (Å²) in [6, 6.07) is 4.53. The zero-order chi connectivity index (χ0) is 21.1. The molecule has 0 aromatic heterocycles. The van der Waals surface area contributed by atoms with Crippen molar-refractivity contribution in [3.05, 3.63) is 29.8 Å². The maximum absolute atomic E-state index is 12.9. The van der Waals surface area contributed by atoms with Gasteiger partial charge in [0, 0.05) is 13.1 Å². The predicted octanol–water partition coefficient (Wildman–Crippen LogP) is 0.572. The van der Waals surface area contributed by atoms with Gasteiger partial charge < -0.3 is 25.8 Å². The molecule has 1 aliphatic heterocycles. The normalized spacial score (nSPS) is 22.7. The van der Waals surface area contributed by atoms with Crippen LogP contribution in [0.15, 0.2) is 24.3 Å². The van der Waals surface area contributed by atoms with Crippen LogP contribution in [-0.4, -0.2) is 66.5 Å². The lowest BCUT2D eigenvalue weighted by atomic mass is 9.86. The summed E-state index contributed by atoms with van der Waals surface area (Å²) in [4.78, 5) is 40.2. The number of nitrogens with zero attached hydrogens (tertiary/aromatic N) is 2. The Morgan fingerprint density at radius 1 is 1.18 bits per heavy atom. The van der Waals surface area contributed by atoms with Crippen LogP contribution in [0.5, 0.6) is 11.5 Å². The monoisotopic (exact) mass is 390 g/mol. The van der Waals surface area contributed by atoms with E-state index in [2.05, 4.69) is 0 Å². The van der Waals surface area contributed by atoms with Crippen LogP contribution < -0.4 is 20.9 Å². The van der Waals surface area contributed by atoms with Gasteiger partial charge in [0.05, 0.1) is 14.2 Å². The number of benzene rings is 1. The lowest BCUT2D eigenvalue weighted by Crippen LogP contribution is -2.79. The molecule has 0 aliphatic carbocycles. The van der Waals surface area contributed by atoms with Crippen molar-refractivity contribution in [3.8, 4) is 11.5 Å². The number of ether oxygens (including phenoxy) is 2. The number of nitrogens with two attached hydrogens (primary N) is 2. The fourth-order valence-corrected chi connectivity index (χ4v) is 3.08. The Hall–Kier alpha value is -2.91. The third-order valence-electron chi connectivity index (χ3n) is 4.78. The van der Waals surface area contributed by atoms with E-state index in [1.807, 2.05) is 0 Å². The Balaban J connectivity index is 2.36. The zero-order valence-corrected chi connectivity index (χ0v) is 16.5. The van der Waals surface area contributed by atoms with E-state index in [0.29, 0.717) is 17.1 Å². The molecule has 152 valence electrons. The number of carbonyl (C=O) groups is 3. The summed E-state index contributed by atoms with van der Waals surface area (Å²) in [6.07, 6.45) is 1.43. The molecule has 1 saturated heterocycles. The van der Waals surface area contributed by atoms with Gasteiger partial charge in [0.2, 0.25) is 0 Å². The Labute approximate surface area is 163 Å². The molecule has 3 amide bonds. The first-order chi connectivity index (χ1) is 13.3. The molecule has 2 unspecified atom stereocenters. The minimum Gasteiger partial charge on any atom is -0.493 e. The Bertz CT molecular complexity index is 810. The minimum absolute atomic E-state index is 0.0898. The van der Waals surface area contributed by atoms with Crippen molar-refractivity contribution >= 4 is 23.8 Å². The maximum atomic E-state index is 12.9. The van der Waals surface area contributed by atoms with Crippen molar-refractivity contribution in [1.29, 1.82) is 0 Å². The summed E-state index contributed by atoms with van der Waals surface area (Å²) in [7, 11) is 3.02. The maximum Gasteiger partial charge on any atom is 0.328 e. The van der Waals surface area contributed by atoms with Gasteiger partial charge in [-0.05, 0) is 37.6 Å². The van der Waals surface area contributed by atoms with Gasteiger partial charge in [-0.1, -0.05) is 12.1 Å². The number of hydrogen-bond donors (Lipinski definition) is 2. The number of ketones is 1. The second-order valence-electron chi connectivity index (χ2n) is 6.24. The van der Waals surface area contributed by atoms with Crippen LogP contribution in [0.25, 0.3) is 6.08 Å². The van der Waals surface area contributed by atoms with Crippen molar-refractivity contribution in [2.75, 3.05) is 27.3 Å². The largest absolute Gasteiger partial charge is 0.493 e. The molecule has 2 atom stereocenters. The minimum atomic E-state index is -2.06. The molecular weight excluding hydrogens is 364 g/mol. The van der Waals surface area contributed by atoms with Gasteiger partial charge in [0.1, 0.15) is 6.17 Å². The molecule has 9 nitrogen and oxygen atoms in total. The second-order valence-corrected chi connectivity index (χ2v) is 6.24. The lowest BCUT2D eigenvalue weighted by molar-refractivity contribution is -0.146. The molecule has 0 radical (unpaired) electrons. The number of hydrogen-bond acceptors (Lipinski definition) is 7. The molecule has 1 aromatic carbocycles. The smallest absolute Gasteiger partial charge is 0.328 e. The van der Waals surface area contributed by atoms with Crippen LogP contribution >= 0.6 is 0 Å². The molecule has 4 N–H and O–H groups in total. The quantitative estimate of drug-likeness (QED) is 0.514. The summed E-state index contributed by atoms with van der Waals surface area (Å²) in [5, 5.41) is 0. The molecule has 28 heavy (non-hydrogen) atoms. The average Bonchev–Trinajstić information content (AvgIpc) is 2.70. The van der Waals surface area contributed by atoms with Crippen molar-refractivity contribution in [3.63, 3.8) is 0 Å². The average molecular weight is 390 g/mol. The lowest BCUT2D eigenvalue weighted by Gasteiger charge is -2.46. The summed E-state index contributed by atoms with van der Waals surface area (Å²) < 4.78 is 10.4. The molecule has 1 aromatic rings. The predicted molar refractivity (Wildman–Crippen MR) is 104 cm³/mol. The van der Waals surface area contributed by atoms with Gasteiger partial charge in [-0.2, -0.15) is 0 Å². The summed E-state index contributed by atoms with van der Waals surface area (Å²) in [5.74, 6) is -0.463. The van der Waals surface area contributed by atoms with E-state index in [9.17, 15) is 14.4 Å². The third-order valence-corrected chi connectivity index (χ3v) is 4.78. The highest BCUT2D eigenvalue weighted by molar-refractivity contribution is 6.21. The van der Waals surface area contributed by atoms with E-state index >= 15 is 0 Å². The molecular formula is C19H26N4O5. The first-order valence-electron chi connectivity index (χ1n) is 8.87. The fraction of sp³-hybridized carbons (Fsp3) is 0.421. The number of amides is 3. The highest BCUT2D eigenvalue weighted by Crippen LogP contribution is 2.28. The number of likely N-dealkylation sites (N-methyl/N-ethyl adjacent to an activating group) is 2. The Kier molecular flexibility index (Phi) is 6.42. The first kappa shape index (κ1) is 21.4. The third kappa shape index (κ3) is 3.46. The molecule has 0 spiro atoms. The highest BCUT2D eigenvalue weighted by Gasteiger charge is 2.56. The zero-order valence-electron chi connectivity index (χ0n) is 16.5. The molecule has 0 saturated carbocycles. The Morgan fingerprint density at radius 2 is 1.82 bits per heavy atom. The molecule has 1 aliphatic rings. The van der Waals surface area contributed by atoms with Gasteiger partial charge in [0.25, 0.3) is 5.91 Å². The fourth-order valence-electron chi connectivity index (χ4n) is 3.08. The van der Waals surface area contributed by atoms with Gasteiger partial charge in [-0.3, -0.25) is 14.5 Å². The number of urea groups is 1. The van der Waals surface area contributed by atoms with E-state index in [0.717, 1.165) is 4.90 Å². The SMILES string of the molecule is CCN1C(=O)N(CC)C(N)C(N)(C(=O)/C=C/c2ccc(OC)c(OC)c2)C1=O. The number of methoxy groups -OCH3 is 2. The van der Waals surface area contributed by atoms with Crippen molar-refractivity contribution in [2.24, 2.45) is 11.5 Å². The van der Waals surface area contributed by atoms with Crippen molar-refractivity contribution in [1.82, 2.24) is 9.80 Å². The number of imide groups is 1. The summed E-state index contributed by atoms with van der Waals surface area (Å²) >= 11 is 0. The van der Waals surface area contributed by atoms with E-state index in [1.54, 1.807) is 32.0 Å². The topological polar surface area (TPSA) is 128 Å². The molecule has 0 bridgehead atoms. The van der Waals surface area contributed by atoms with E-state index in [1.165, 1.54) is 31.3 Å². The number of carbonyl (C=O) groups excluding carboxylic acids is 3. The van der Waals surface area contributed by atoms with E-state index < -0.39 is 29.4 Å². The standard InChI is InChI=1S/C19H26N4O5/c1-5-22-16(20)19(21,17(25)23(6-2)18(22)26)15(24)10-8-12-7-9-13(27-3)14(11-12)28-4/h7-11,16H,5-6,20-21H2,1-4H3/b10-8+. The van der Waals surface area contributed by atoms with E-state index in [-0.39, 0.29) is 13.1 Å². The molecule has 1 heterocycles. The Morgan fingerprint density at radius 3 is 2.36 bits per heavy atom. The van der Waals surface area contributed by atoms with Gasteiger partial charge >= 0.3 is 6.03 Å². The second kappa shape index (κ2) is 8.41. The van der Waals surface area contributed by atoms with Gasteiger partial charge in [-0.25, -0.2) is 4.79 Å². The van der Waals surface area contributed by atoms with Crippen LogP contribution in [0, 0.1) is 0 Å². The number of rotatable bonds is 7. The van der Waals surface area contributed by atoms with E-state index in [4.69, 9.17) is 20.9 Å². The van der Waals surface area contributed by atoms with Crippen molar-refractivity contribution in [2.45, 2.75) is 25.6 Å². The molecule has 9 heteroatoms. The summed E-state index contributed by atoms with van der Waals surface area (Å²) in [5.41, 5.74) is 10.8.